The van der Waals surface area contributed by atoms with E-state index in [-0.39, 0.29) is 0 Å². The maximum atomic E-state index is 12.8. The highest BCUT2D eigenvalue weighted by Crippen LogP contribution is 2.55. The highest BCUT2D eigenvalue weighted by atomic mass is 16.2. The van der Waals surface area contributed by atoms with Gasteiger partial charge in [0.1, 0.15) is 0 Å². The van der Waals surface area contributed by atoms with E-state index in [4.69, 9.17) is 0 Å². The minimum Gasteiger partial charge on any atom is -0.312 e. The average Bonchev–Trinajstić information content (AvgIpc) is 3.03. The van der Waals surface area contributed by atoms with Crippen LogP contribution in [0.2, 0.25) is 0 Å². The first-order chi connectivity index (χ1) is 9.22. The smallest absolute Gasteiger partial charge is 0.230 e. The number of anilines is 1. The van der Waals surface area contributed by atoms with E-state index in [1.165, 1.54) is 17.7 Å². The highest BCUT2D eigenvalue weighted by Gasteiger charge is 2.49. The first-order valence-corrected chi connectivity index (χ1v) is 7.61. The number of hydrogen-bond acceptors (Lipinski definition) is 1. The van der Waals surface area contributed by atoms with Gasteiger partial charge in [-0.15, -0.1) is 0 Å². The zero-order valence-electron chi connectivity index (χ0n) is 11.5. The molecule has 0 aromatic heterocycles. The van der Waals surface area contributed by atoms with Gasteiger partial charge in [-0.25, -0.2) is 0 Å². The standard InChI is InChI=1S/C17H21NO/c1-11-6-12-4-2-3-5-16(12)18(10-11)17(19)15-8-13-7-14(13)9-15/h2-5,11,13-15H,6-10H2,1H3. The van der Waals surface area contributed by atoms with Crippen molar-refractivity contribution in [2.24, 2.45) is 23.7 Å². The second-order valence-corrected chi connectivity index (χ2v) is 6.81. The molecule has 1 aromatic rings. The number of nitrogens with zero attached hydrogens (tertiary/aromatic N) is 1. The van der Waals surface area contributed by atoms with Gasteiger partial charge in [0, 0.05) is 18.2 Å². The van der Waals surface area contributed by atoms with E-state index in [0.717, 1.165) is 37.6 Å². The lowest BCUT2D eigenvalue weighted by Crippen LogP contribution is -2.42. The van der Waals surface area contributed by atoms with Gasteiger partial charge in [-0.2, -0.15) is 0 Å². The van der Waals surface area contributed by atoms with Gasteiger partial charge in [-0.3, -0.25) is 4.79 Å². The summed E-state index contributed by atoms with van der Waals surface area (Å²) >= 11 is 0. The van der Waals surface area contributed by atoms with Crippen LogP contribution in [0.4, 0.5) is 5.69 Å². The summed E-state index contributed by atoms with van der Waals surface area (Å²) in [6.07, 6.45) is 4.79. The Morgan fingerprint density at radius 2 is 1.89 bits per heavy atom. The van der Waals surface area contributed by atoms with Crippen molar-refractivity contribution >= 4 is 11.6 Å². The van der Waals surface area contributed by atoms with Crippen molar-refractivity contribution in [1.82, 2.24) is 0 Å². The Hall–Kier alpha value is -1.31. The van der Waals surface area contributed by atoms with Crippen LogP contribution in [0.3, 0.4) is 0 Å². The van der Waals surface area contributed by atoms with Crippen LogP contribution >= 0.6 is 0 Å². The van der Waals surface area contributed by atoms with E-state index in [9.17, 15) is 4.79 Å². The van der Waals surface area contributed by atoms with E-state index in [0.29, 0.717) is 17.7 Å². The van der Waals surface area contributed by atoms with Crippen molar-refractivity contribution in [2.75, 3.05) is 11.4 Å². The van der Waals surface area contributed by atoms with Crippen molar-refractivity contribution in [3.05, 3.63) is 29.8 Å². The molecule has 1 heterocycles. The number of benzene rings is 1. The monoisotopic (exact) mass is 255 g/mol. The Morgan fingerprint density at radius 3 is 2.68 bits per heavy atom. The minimum absolute atomic E-state index is 0.308. The molecule has 2 fully saturated rings. The first kappa shape index (κ1) is 11.5. The molecule has 2 nitrogen and oxygen atoms in total. The quantitative estimate of drug-likeness (QED) is 0.754. The maximum absolute atomic E-state index is 12.8. The van der Waals surface area contributed by atoms with Crippen LogP contribution in [0.15, 0.2) is 24.3 Å². The fourth-order valence-electron chi connectivity index (χ4n) is 4.14. The Labute approximate surface area is 114 Å². The number of rotatable bonds is 1. The summed E-state index contributed by atoms with van der Waals surface area (Å²) < 4.78 is 0. The van der Waals surface area contributed by atoms with Gasteiger partial charge in [0.25, 0.3) is 0 Å². The summed E-state index contributed by atoms with van der Waals surface area (Å²) in [5.74, 6) is 3.04. The molecule has 19 heavy (non-hydrogen) atoms. The Morgan fingerprint density at radius 1 is 1.16 bits per heavy atom. The van der Waals surface area contributed by atoms with Gasteiger partial charge in [0.2, 0.25) is 5.91 Å². The minimum atomic E-state index is 0.308. The maximum Gasteiger partial charge on any atom is 0.230 e. The summed E-state index contributed by atoms with van der Waals surface area (Å²) in [4.78, 5) is 14.9. The summed E-state index contributed by atoms with van der Waals surface area (Å²) in [5.41, 5.74) is 2.52. The summed E-state index contributed by atoms with van der Waals surface area (Å²) in [6, 6.07) is 8.44. The molecule has 1 amide bonds. The fraction of sp³-hybridized carbons (Fsp3) is 0.588. The number of fused-ring (bicyclic) bond motifs is 2. The lowest BCUT2D eigenvalue weighted by atomic mass is 9.92. The zero-order chi connectivity index (χ0) is 13.0. The lowest BCUT2D eigenvalue weighted by Gasteiger charge is -2.35. The molecule has 0 saturated heterocycles. The van der Waals surface area contributed by atoms with Crippen LogP contribution in [0.5, 0.6) is 0 Å². The van der Waals surface area contributed by atoms with Crippen LogP contribution in [0.25, 0.3) is 0 Å². The van der Waals surface area contributed by atoms with Crippen molar-refractivity contribution in [3.8, 4) is 0 Å². The predicted octanol–water partition coefficient (Wildman–Crippen LogP) is 3.26. The molecule has 2 heteroatoms. The third-order valence-electron chi connectivity index (χ3n) is 5.20. The molecular weight excluding hydrogens is 234 g/mol. The van der Waals surface area contributed by atoms with Crippen molar-refractivity contribution in [2.45, 2.75) is 32.6 Å². The van der Waals surface area contributed by atoms with E-state index in [1.54, 1.807) is 0 Å². The summed E-state index contributed by atoms with van der Waals surface area (Å²) in [5, 5.41) is 0. The van der Waals surface area contributed by atoms with Crippen molar-refractivity contribution in [1.29, 1.82) is 0 Å². The lowest BCUT2D eigenvalue weighted by molar-refractivity contribution is -0.122. The van der Waals surface area contributed by atoms with E-state index >= 15 is 0 Å². The molecule has 0 radical (unpaired) electrons. The third-order valence-corrected chi connectivity index (χ3v) is 5.20. The summed E-state index contributed by atoms with van der Waals surface area (Å²) in [6.45, 7) is 3.16. The number of carbonyl (C=O) groups is 1. The second-order valence-electron chi connectivity index (χ2n) is 6.81. The van der Waals surface area contributed by atoms with Gasteiger partial charge in [0.15, 0.2) is 0 Å². The number of para-hydroxylation sites is 1. The molecule has 100 valence electrons. The normalized spacial score (nSPS) is 35.7. The molecular formula is C17H21NO. The van der Waals surface area contributed by atoms with Crippen LogP contribution < -0.4 is 4.90 Å². The molecule has 1 aromatic carbocycles. The molecule has 0 N–H and O–H groups in total. The molecule has 2 saturated carbocycles. The SMILES string of the molecule is CC1Cc2ccccc2N(C(=O)C2CC3CC3C2)C1. The Kier molecular flexibility index (Phi) is 2.48. The van der Waals surface area contributed by atoms with Gasteiger partial charge >= 0.3 is 0 Å². The van der Waals surface area contributed by atoms with Gasteiger partial charge in [0.05, 0.1) is 0 Å². The molecule has 0 bridgehead atoms. The van der Waals surface area contributed by atoms with Crippen LogP contribution in [-0.4, -0.2) is 12.5 Å². The molecule has 3 aliphatic rings. The average molecular weight is 255 g/mol. The Balaban J connectivity index is 1.61. The van der Waals surface area contributed by atoms with E-state index < -0.39 is 0 Å². The van der Waals surface area contributed by atoms with E-state index in [1.807, 2.05) is 0 Å². The molecule has 2 aliphatic carbocycles. The topological polar surface area (TPSA) is 20.3 Å². The van der Waals surface area contributed by atoms with E-state index in [2.05, 4.69) is 36.1 Å². The molecule has 3 atom stereocenters. The van der Waals surface area contributed by atoms with Crippen LogP contribution in [-0.2, 0) is 11.2 Å². The molecule has 0 spiro atoms. The van der Waals surface area contributed by atoms with Crippen LogP contribution in [0, 0.1) is 23.7 Å². The van der Waals surface area contributed by atoms with Gasteiger partial charge < -0.3 is 4.90 Å². The van der Waals surface area contributed by atoms with Gasteiger partial charge in [-0.05, 0) is 55.1 Å². The highest BCUT2D eigenvalue weighted by molar-refractivity contribution is 5.96. The predicted molar refractivity (Wildman–Crippen MR) is 76.0 cm³/mol. The second kappa shape index (κ2) is 4.09. The first-order valence-electron chi connectivity index (χ1n) is 7.61. The summed E-state index contributed by atoms with van der Waals surface area (Å²) in [7, 11) is 0. The number of hydrogen-bond donors (Lipinski definition) is 0. The number of carbonyl (C=O) groups excluding carboxylic acids is 1. The molecule has 1 aliphatic heterocycles. The Bertz CT molecular complexity index is 514. The molecule has 3 unspecified atom stereocenters. The fourth-order valence-corrected chi connectivity index (χ4v) is 4.14. The largest absolute Gasteiger partial charge is 0.312 e. The van der Waals surface area contributed by atoms with Crippen molar-refractivity contribution < 1.29 is 4.79 Å². The van der Waals surface area contributed by atoms with Crippen molar-refractivity contribution in [3.63, 3.8) is 0 Å². The third kappa shape index (κ3) is 1.89. The van der Waals surface area contributed by atoms with Gasteiger partial charge in [-0.1, -0.05) is 25.1 Å². The zero-order valence-corrected chi connectivity index (χ0v) is 11.5. The number of amides is 1. The van der Waals surface area contributed by atoms with Crippen LogP contribution in [0.1, 0.15) is 31.7 Å². The molecule has 4 rings (SSSR count).